The highest BCUT2D eigenvalue weighted by atomic mass is 16.3. The molecular weight excluding hydrogens is 723 g/mol. The third-order valence-electron chi connectivity index (χ3n) is 12.0. The lowest BCUT2D eigenvalue weighted by Crippen LogP contribution is -2.08. The topological polar surface area (TPSA) is 61.7 Å². The van der Waals surface area contributed by atoms with E-state index in [4.69, 9.17) is 19.4 Å². The molecule has 4 heterocycles. The van der Waals surface area contributed by atoms with Crippen LogP contribution in [0.3, 0.4) is 0 Å². The fraction of sp³-hybridized carbons (Fsp3) is 0. The lowest BCUT2D eigenvalue weighted by Gasteiger charge is -2.17. The van der Waals surface area contributed by atoms with Crippen molar-refractivity contribution in [2.75, 3.05) is 0 Å². The van der Waals surface area contributed by atoms with Gasteiger partial charge in [-0.05, 0) is 70.1 Å². The number of hydrogen-bond acceptors (Lipinski definition) is 4. The van der Waals surface area contributed by atoms with Crippen molar-refractivity contribution in [1.82, 2.24) is 24.1 Å². The highest BCUT2D eigenvalue weighted by Crippen LogP contribution is 2.44. The van der Waals surface area contributed by atoms with Crippen LogP contribution in [0.2, 0.25) is 0 Å². The van der Waals surface area contributed by atoms with E-state index in [1.807, 2.05) is 12.1 Å². The molecule has 13 aromatic rings. The summed E-state index contributed by atoms with van der Waals surface area (Å²) in [6.45, 7) is 0. The second-order valence-corrected chi connectivity index (χ2v) is 15.2. The Morgan fingerprint density at radius 2 is 0.881 bits per heavy atom. The van der Waals surface area contributed by atoms with E-state index >= 15 is 0 Å². The number of rotatable bonds is 4. The smallest absolute Gasteiger partial charge is 0.238 e. The standard InChI is InChI=1S/C53H31N5O/c1-2-16-34-31-46-42(30-33(34)15-1)38-21-7-9-24-43(38)57(46)50-41(28-29-48-49(50)40-22-8-12-27-47(40)59-48)52-54-51(39-23-13-17-32-14-3-4-18-35(32)39)55-53(56-52)58-44-25-10-5-19-36(44)37-20-6-11-26-45(37)58/h1-31H. The van der Waals surface area contributed by atoms with E-state index in [-0.39, 0.29) is 0 Å². The van der Waals surface area contributed by atoms with Crippen LogP contribution in [0.5, 0.6) is 0 Å². The van der Waals surface area contributed by atoms with Crippen molar-refractivity contribution in [3.63, 3.8) is 0 Å². The summed E-state index contributed by atoms with van der Waals surface area (Å²) in [4.78, 5) is 16.3. The molecule has 13 rings (SSSR count). The zero-order chi connectivity index (χ0) is 38.6. The van der Waals surface area contributed by atoms with Gasteiger partial charge in [-0.3, -0.25) is 4.57 Å². The Balaban J connectivity index is 1.21. The first-order chi connectivity index (χ1) is 29.3. The van der Waals surface area contributed by atoms with Crippen molar-refractivity contribution in [3.8, 4) is 34.4 Å². The van der Waals surface area contributed by atoms with Gasteiger partial charge in [0.2, 0.25) is 5.95 Å². The summed E-state index contributed by atoms with van der Waals surface area (Å²) < 4.78 is 11.2. The van der Waals surface area contributed by atoms with Crippen molar-refractivity contribution in [2.24, 2.45) is 0 Å². The molecular formula is C53H31N5O. The van der Waals surface area contributed by atoms with Gasteiger partial charge >= 0.3 is 0 Å². The molecule has 0 aliphatic carbocycles. The molecule has 9 aromatic carbocycles. The van der Waals surface area contributed by atoms with Crippen LogP contribution in [0.4, 0.5) is 0 Å². The predicted molar refractivity (Wildman–Crippen MR) is 242 cm³/mol. The van der Waals surface area contributed by atoms with Gasteiger partial charge in [-0.2, -0.15) is 9.97 Å². The van der Waals surface area contributed by atoms with E-state index < -0.39 is 0 Å². The van der Waals surface area contributed by atoms with Gasteiger partial charge in [0.05, 0.1) is 33.1 Å². The van der Waals surface area contributed by atoms with Crippen LogP contribution in [0.15, 0.2) is 192 Å². The van der Waals surface area contributed by atoms with E-state index in [1.165, 1.54) is 21.5 Å². The molecule has 0 bridgehead atoms. The molecule has 0 unspecified atom stereocenters. The molecule has 0 atom stereocenters. The number of para-hydroxylation sites is 4. The van der Waals surface area contributed by atoms with Gasteiger partial charge < -0.3 is 8.98 Å². The lowest BCUT2D eigenvalue weighted by atomic mass is 10.0. The van der Waals surface area contributed by atoms with Crippen LogP contribution in [0.1, 0.15) is 0 Å². The van der Waals surface area contributed by atoms with Gasteiger partial charge in [-0.1, -0.05) is 140 Å². The summed E-state index contributed by atoms with van der Waals surface area (Å²) in [5, 5.41) is 11.2. The van der Waals surface area contributed by atoms with Crippen LogP contribution >= 0.6 is 0 Å². The Morgan fingerprint density at radius 3 is 1.61 bits per heavy atom. The first-order valence-corrected chi connectivity index (χ1v) is 19.9. The van der Waals surface area contributed by atoms with Crippen molar-refractivity contribution < 1.29 is 4.42 Å². The molecule has 4 aromatic heterocycles. The fourth-order valence-corrected chi connectivity index (χ4v) is 9.37. The third kappa shape index (κ3) is 4.65. The number of benzene rings is 9. The van der Waals surface area contributed by atoms with Crippen LogP contribution < -0.4 is 0 Å². The van der Waals surface area contributed by atoms with E-state index in [9.17, 15) is 0 Å². The molecule has 0 radical (unpaired) electrons. The van der Waals surface area contributed by atoms with Crippen molar-refractivity contribution >= 4 is 87.1 Å². The first kappa shape index (κ1) is 32.0. The fourth-order valence-electron chi connectivity index (χ4n) is 9.37. The minimum atomic E-state index is 0.548. The van der Waals surface area contributed by atoms with Crippen molar-refractivity contribution in [1.29, 1.82) is 0 Å². The average molecular weight is 754 g/mol. The molecule has 0 aliphatic rings. The van der Waals surface area contributed by atoms with Crippen molar-refractivity contribution in [2.45, 2.75) is 0 Å². The van der Waals surface area contributed by atoms with Gasteiger partial charge in [0.15, 0.2) is 11.6 Å². The molecule has 59 heavy (non-hydrogen) atoms. The van der Waals surface area contributed by atoms with Crippen LogP contribution in [0, 0.1) is 0 Å². The summed E-state index contributed by atoms with van der Waals surface area (Å²) in [5.74, 6) is 1.71. The van der Waals surface area contributed by atoms with Crippen LogP contribution in [-0.2, 0) is 0 Å². The molecule has 6 nitrogen and oxygen atoms in total. The zero-order valence-electron chi connectivity index (χ0n) is 31.5. The van der Waals surface area contributed by atoms with Gasteiger partial charge in [0, 0.05) is 38.1 Å². The summed E-state index contributed by atoms with van der Waals surface area (Å²) in [6.07, 6.45) is 0. The Hall–Kier alpha value is -8.09. The molecule has 0 aliphatic heterocycles. The molecule has 0 fully saturated rings. The Labute approximate surface area is 336 Å². The monoisotopic (exact) mass is 753 g/mol. The van der Waals surface area contributed by atoms with Gasteiger partial charge in [0.25, 0.3) is 0 Å². The molecule has 0 amide bonds. The highest BCUT2D eigenvalue weighted by Gasteiger charge is 2.25. The zero-order valence-corrected chi connectivity index (χ0v) is 31.5. The summed E-state index contributed by atoms with van der Waals surface area (Å²) in [5.41, 5.74) is 8.61. The largest absolute Gasteiger partial charge is 0.456 e. The number of hydrogen-bond donors (Lipinski definition) is 0. The number of fused-ring (bicyclic) bond motifs is 11. The first-order valence-electron chi connectivity index (χ1n) is 19.9. The van der Waals surface area contributed by atoms with Crippen LogP contribution in [0.25, 0.3) is 122 Å². The molecule has 274 valence electrons. The molecule has 0 saturated carbocycles. The summed E-state index contributed by atoms with van der Waals surface area (Å²) >= 11 is 0. The molecule has 0 saturated heterocycles. The van der Waals surface area contributed by atoms with Gasteiger partial charge in [-0.15, -0.1) is 0 Å². The predicted octanol–water partition coefficient (Wildman–Crippen LogP) is 13.6. The second-order valence-electron chi connectivity index (χ2n) is 15.2. The van der Waals surface area contributed by atoms with Crippen molar-refractivity contribution in [3.05, 3.63) is 188 Å². The second kappa shape index (κ2) is 12.2. The summed E-state index contributed by atoms with van der Waals surface area (Å²) in [6, 6.07) is 66.1. The van der Waals surface area contributed by atoms with E-state index in [2.05, 4.69) is 185 Å². The number of nitrogens with zero attached hydrogens (tertiary/aromatic N) is 5. The molecule has 6 heteroatoms. The number of furan rings is 1. The Kier molecular flexibility index (Phi) is 6.63. The molecule has 0 spiro atoms. The highest BCUT2D eigenvalue weighted by molar-refractivity contribution is 6.18. The SMILES string of the molecule is c1ccc2cc3c(cc2c1)c1ccccc1n3-c1c(-c2nc(-c3cccc4ccccc34)nc(-n3c4ccccc4c4ccccc43)n2)ccc2oc3ccccc3c12. The minimum absolute atomic E-state index is 0.548. The molecule has 0 N–H and O–H groups in total. The van der Waals surface area contributed by atoms with E-state index in [0.29, 0.717) is 17.6 Å². The Bertz CT molecular complexity index is 3810. The normalized spacial score (nSPS) is 12.1. The minimum Gasteiger partial charge on any atom is -0.456 e. The lowest BCUT2D eigenvalue weighted by molar-refractivity contribution is 0.669. The third-order valence-corrected chi connectivity index (χ3v) is 12.0. The van der Waals surface area contributed by atoms with Gasteiger partial charge in [0.1, 0.15) is 11.2 Å². The summed E-state index contributed by atoms with van der Waals surface area (Å²) in [7, 11) is 0. The maximum absolute atomic E-state index is 6.63. The quantitative estimate of drug-likeness (QED) is 0.180. The van der Waals surface area contributed by atoms with E-state index in [1.54, 1.807) is 0 Å². The maximum Gasteiger partial charge on any atom is 0.238 e. The van der Waals surface area contributed by atoms with Crippen LogP contribution in [-0.4, -0.2) is 24.1 Å². The number of aromatic nitrogens is 5. The maximum atomic E-state index is 6.63. The Morgan fingerprint density at radius 1 is 0.339 bits per heavy atom. The van der Waals surface area contributed by atoms with E-state index in [0.717, 1.165) is 82.4 Å². The van der Waals surface area contributed by atoms with Gasteiger partial charge in [-0.25, -0.2) is 4.98 Å². The average Bonchev–Trinajstić information content (AvgIpc) is 3.95.